The molecule has 24 heavy (non-hydrogen) atoms. The maximum Gasteiger partial charge on any atom is 0.106 e. The lowest BCUT2D eigenvalue weighted by atomic mass is 10.0. The Morgan fingerprint density at radius 1 is 0.917 bits per heavy atom. The zero-order valence-corrected chi connectivity index (χ0v) is 15.9. The van der Waals surface area contributed by atoms with Crippen LogP contribution in [0.1, 0.15) is 115 Å². The summed E-state index contributed by atoms with van der Waals surface area (Å²) < 4.78 is 0. The average molecular weight is 332 g/mol. The number of aromatic nitrogens is 2. The van der Waals surface area contributed by atoms with Gasteiger partial charge in [-0.3, -0.25) is 0 Å². The molecule has 136 valence electrons. The molecule has 0 spiro atoms. The summed E-state index contributed by atoms with van der Waals surface area (Å²) in [6, 6.07) is 2.24. The summed E-state index contributed by atoms with van der Waals surface area (Å²) in [6.45, 7) is 4.18. The number of hydrogen-bond acceptors (Lipinski definition) is 2. The highest BCUT2D eigenvalue weighted by atomic mass is 14.9. The number of nitriles is 1. The van der Waals surface area contributed by atoms with Crippen molar-refractivity contribution < 1.29 is 0 Å². The van der Waals surface area contributed by atoms with E-state index in [0.717, 1.165) is 17.9 Å². The van der Waals surface area contributed by atoms with Crippen molar-refractivity contribution in [2.24, 2.45) is 0 Å². The third kappa shape index (κ3) is 9.75. The lowest BCUT2D eigenvalue weighted by Crippen LogP contribution is -1.92. The summed E-state index contributed by atoms with van der Waals surface area (Å²) in [5, 5.41) is 8.90. The van der Waals surface area contributed by atoms with Gasteiger partial charge in [-0.25, -0.2) is 4.98 Å². The van der Waals surface area contributed by atoms with Crippen molar-refractivity contribution >= 4 is 0 Å². The number of unbranched alkanes of at least 4 members (excludes halogenated alkanes) is 12. The molecule has 0 saturated heterocycles. The van der Waals surface area contributed by atoms with Gasteiger partial charge < -0.3 is 4.98 Å². The largest absolute Gasteiger partial charge is 0.345 e. The molecule has 0 fully saturated rings. The van der Waals surface area contributed by atoms with E-state index in [1.165, 1.54) is 83.5 Å². The van der Waals surface area contributed by atoms with Crippen LogP contribution in [0.4, 0.5) is 0 Å². The van der Waals surface area contributed by atoms with Crippen LogP contribution in [-0.4, -0.2) is 9.97 Å². The molecule has 0 bridgehead atoms. The van der Waals surface area contributed by atoms with Crippen molar-refractivity contribution in [3.05, 3.63) is 17.7 Å². The first-order valence-electron chi connectivity index (χ1n) is 10.2. The predicted octanol–water partition coefficient (Wildman–Crippen LogP) is 6.67. The molecule has 1 atom stereocenters. The maximum atomic E-state index is 8.90. The van der Waals surface area contributed by atoms with Gasteiger partial charge in [0.15, 0.2) is 0 Å². The summed E-state index contributed by atoms with van der Waals surface area (Å²) in [5.74, 6) is 0.952. The number of aryl methyl sites for hydroxylation is 1. The van der Waals surface area contributed by atoms with Crippen LogP contribution in [0.2, 0.25) is 0 Å². The summed E-state index contributed by atoms with van der Waals surface area (Å²) in [7, 11) is 0. The van der Waals surface area contributed by atoms with E-state index >= 15 is 0 Å². The van der Waals surface area contributed by atoms with Gasteiger partial charge in [0.05, 0.1) is 17.7 Å². The zero-order chi connectivity index (χ0) is 17.5. The van der Waals surface area contributed by atoms with Gasteiger partial charge in [0.25, 0.3) is 0 Å². The first-order valence-corrected chi connectivity index (χ1v) is 10.2. The van der Waals surface area contributed by atoms with E-state index in [9.17, 15) is 0 Å². The van der Waals surface area contributed by atoms with E-state index < -0.39 is 0 Å². The van der Waals surface area contributed by atoms with Crippen LogP contribution in [0.15, 0.2) is 6.20 Å². The number of aromatic amines is 1. The summed E-state index contributed by atoms with van der Waals surface area (Å²) >= 11 is 0. The first kappa shape index (κ1) is 20.7. The van der Waals surface area contributed by atoms with Crippen molar-refractivity contribution in [1.29, 1.82) is 5.26 Å². The quantitative estimate of drug-likeness (QED) is 0.365. The van der Waals surface area contributed by atoms with Crippen molar-refractivity contribution in [3.8, 4) is 6.07 Å². The number of hydrogen-bond donors (Lipinski definition) is 1. The lowest BCUT2D eigenvalue weighted by Gasteiger charge is -2.03. The third-order valence-corrected chi connectivity index (χ3v) is 4.83. The summed E-state index contributed by atoms with van der Waals surface area (Å²) in [6.07, 6.45) is 20.8. The molecular formula is C21H37N3. The highest BCUT2D eigenvalue weighted by molar-refractivity contribution is 5.13. The fraction of sp³-hybridized carbons (Fsp3) is 0.810. The zero-order valence-electron chi connectivity index (χ0n) is 15.9. The van der Waals surface area contributed by atoms with Gasteiger partial charge in [-0.1, -0.05) is 84.0 Å². The van der Waals surface area contributed by atoms with E-state index in [1.54, 1.807) is 0 Å². The molecule has 0 aromatic carbocycles. The van der Waals surface area contributed by atoms with Crippen LogP contribution in [0.5, 0.6) is 0 Å². The number of imidazole rings is 1. The Bertz CT molecular complexity index is 444. The fourth-order valence-corrected chi connectivity index (χ4v) is 3.11. The van der Waals surface area contributed by atoms with E-state index in [4.69, 9.17) is 5.26 Å². The molecule has 0 amide bonds. The second-order valence-corrected chi connectivity index (χ2v) is 7.13. The molecular weight excluding hydrogens is 294 g/mol. The minimum atomic E-state index is -0.0853. The molecule has 3 heteroatoms. The highest BCUT2D eigenvalue weighted by Gasteiger charge is 2.07. The second kappa shape index (κ2) is 14.1. The minimum Gasteiger partial charge on any atom is -0.345 e. The standard InChI is InChI=1S/C21H37N3/c1-3-4-5-6-7-8-9-10-11-12-13-14-15-16-21-23-18-20(24-21)19(2)17-22/h18-19H,3-16H2,1-2H3,(H,23,24). The second-order valence-electron chi connectivity index (χ2n) is 7.13. The summed E-state index contributed by atoms with van der Waals surface area (Å²) in [5.41, 5.74) is 0.946. The lowest BCUT2D eigenvalue weighted by molar-refractivity contribution is 0.538. The molecule has 0 aliphatic rings. The number of nitrogens with one attached hydrogen (secondary N) is 1. The molecule has 1 rings (SSSR count). The van der Waals surface area contributed by atoms with Crippen LogP contribution in [-0.2, 0) is 6.42 Å². The Hall–Kier alpha value is -1.30. The van der Waals surface area contributed by atoms with Gasteiger partial charge >= 0.3 is 0 Å². The maximum absolute atomic E-state index is 8.90. The topological polar surface area (TPSA) is 52.5 Å². The molecule has 3 nitrogen and oxygen atoms in total. The molecule has 0 aliphatic heterocycles. The van der Waals surface area contributed by atoms with E-state index in [1.807, 2.05) is 13.1 Å². The van der Waals surface area contributed by atoms with Crippen LogP contribution in [0, 0.1) is 11.3 Å². The van der Waals surface area contributed by atoms with Gasteiger partial charge in [-0.2, -0.15) is 5.26 Å². The number of nitrogens with zero attached hydrogens (tertiary/aromatic N) is 2. The smallest absolute Gasteiger partial charge is 0.106 e. The van der Waals surface area contributed by atoms with E-state index in [2.05, 4.69) is 23.0 Å². The van der Waals surface area contributed by atoms with Crippen molar-refractivity contribution in [2.45, 2.75) is 110 Å². The third-order valence-electron chi connectivity index (χ3n) is 4.83. The number of H-pyrrole nitrogens is 1. The van der Waals surface area contributed by atoms with Crippen molar-refractivity contribution in [2.75, 3.05) is 0 Å². The molecule has 0 radical (unpaired) electrons. The number of rotatable bonds is 15. The molecule has 0 aliphatic carbocycles. The van der Waals surface area contributed by atoms with Crippen molar-refractivity contribution in [1.82, 2.24) is 9.97 Å². The van der Waals surface area contributed by atoms with Crippen molar-refractivity contribution in [3.63, 3.8) is 0 Å². The van der Waals surface area contributed by atoms with Crippen LogP contribution in [0.25, 0.3) is 0 Å². The Labute approximate surface area is 149 Å². The van der Waals surface area contributed by atoms with Gasteiger partial charge in [0.1, 0.15) is 5.82 Å². The predicted molar refractivity (Wildman–Crippen MR) is 102 cm³/mol. The fourth-order valence-electron chi connectivity index (χ4n) is 3.11. The Morgan fingerprint density at radius 3 is 1.92 bits per heavy atom. The average Bonchev–Trinajstić information content (AvgIpc) is 3.07. The molecule has 0 saturated carbocycles. The SMILES string of the molecule is CCCCCCCCCCCCCCCc1ncc(C(C)C#N)[nH]1. The Kier molecular flexibility index (Phi) is 12.2. The van der Waals surface area contributed by atoms with E-state index in [-0.39, 0.29) is 5.92 Å². The Balaban J connectivity index is 1.87. The van der Waals surface area contributed by atoms with E-state index in [0.29, 0.717) is 0 Å². The van der Waals surface area contributed by atoms with Crippen LogP contribution in [0.3, 0.4) is 0 Å². The molecule has 1 heterocycles. The molecule has 1 aromatic rings. The summed E-state index contributed by atoms with van der Waals surface area (Å²) in [4.78, 5) is 7.65. The van der Waals surface area contributed by atoms with Crippen LogP contribution >= 0.6 is 0 Å². The molecule has 1 unspecified atom stereocenters. The highest BCUT2D eigenvalue weighted by Crippen LogP contribution is 2.14. The molecule has 1 aromatic heterocycles. The van der Waals surface area contributed by atoms with Gasteiger partial charge in [-0.15, -0.1) is 0 Å². The van der Waals surface area contributed by atoms with Gasteiger partial charge in [0.2, 0.25) is 0 Å². The minimum absolute atomic E-state index is 0.0853. The van der Waals surface area contributed by atoms with Gasteiger partial charge in [-0.05, 0) is 13.3 Å². The normalized spacial score (nSPS) is 12.2. The first-order chi connectivity index (χ1) is 11.8. The van der Waals surface area contributed by atoms with Crippen LogP contribution < -0.4 is 0 Å². The Morgan fingerprint density at radius 2 is 1.42 bits per heavy atom. The molecule has 1 N–H and O–H groups in total. The van der Waals surface area contributed by atoms with Gasteiger partial charge in [0, 0.05) is 12.6 Å². The monoisotopic (exact) mass is 331 g/mol.